The highest BCUT2D eigenvalue weighted by molar-refractivity contribution is 6.07. The number of nitrogens with one attached hydrogen (secondary N) is 1. The molecule has 1 aliphatic rings. The van der Waals surface area contributed by atoms with Gasteiger partial charge in [-0.2, -0.15) is 0 Å². The molecule has 96 valence electrons. The van der Waals surface area contributed by atoms with Gasteiger partial charge in [0.05, 0.1) is 12.8 Å². The Morgan fingerprint density at radius 3 is 1.35 bits per heavy atom. The number of carbonyl (C=O) groups excluding carboxylic acids is 2. The van der Waals surface area contributed by atoms with Crippen LogP contribution in [0.2, 0.25) is 0 Å². The van der Waals surface area contributed by atoms with Crippen LogP contribution in [0.15, 0.2) is 0 Å². The van der Waals surface area contributed by atoms with Crippen LogP contribution in [-0.2, 0) is 19.2 Å². The van der Waals surface area contributed by atoms with Gasteiger partial charge in [0.25, 0.3) is 11.8 Å². The Bertz CT molecular complexity index is 306. The quantitative estimate of drug-likeness (QED) is 0.337. The smallest absolute Gasteiger partial charge is 0.303 e. The minimum absolute atomic E-state index is 0.296. The average Bonchev–Trinajstić information content (AvgIpc) is 2.44. The van der Waals surface area contributed by atoms with E-state index in [1.165, 1.54) is 0 Å². The first-order chi connectivity index (χ1) is 7.75. The van der Waals surface area contributed by atoms with Crippen molar-refractivity contribution < 1.29 is 39.6 Å². The number of carboxylic acid groups (broad SMARTS) is 2. The number of carboxylic acids is 2. The second kappa shape index (κ2) is 6.55. The summed E-state index contributed by atoms with van der Waals surface area (Å²) < 4.78 is 0. The molecule has 0 aliphatic carbocycles. The third-order valence-electron chi connectivity index (χ3n) is 1.64. The van der Waals surface area contributed by atoms with Gasteiger partial charge in [0, 0.05) is 0 Å². The molecule has 1 aliphatic heterocycles. The van der Waals surface area contributed by atoms with Crippen molar-refractivity contribution in [1.82, 2.24) is 5.32 Å². The molecule has 0 bridgehead atoms. The first-order valence-electron chi connectivity index (χ1n) is 4.40. The van der Waals surface area contributed by atoms with Crippen LogP contribution in [0.4, 0.5) is 0 Å². The summed E-state index contributed by atoms with van der Waals surface area (Å²) in [6, 6.07) is 0. The molecule has 1 saturated heterocycles. The number of carbonyl (C=O) groups is 4. The zero-order valence-electron chi connectivity index (χ0n) is 8.49. The third kappa shape index (κ3) is 5.58. The van der Waals surface area contributed by atoms with Crippen molar-refractivity contribution in [3.05, 3.63) is 0 Å². The Labute approximate surface area is 94.7 Å². The van der Waals surface area contributed by atoms with E-state index in [1.54, 1.807) is 5.32 Å². The fourth-order valence-electron chi connectivity index (χ4n) is 0.770. The highest BCUT2D eigenvalue weighted by Gasteiger charge is 2.38. The Morgan fingerprint density at radius 2 is 1.24 bits per heavy atom. The molecule has 0 aromatic heterocycles. The van der Waals surface area contributed by atoms with E-state index in [9.17, 15) is 19.2 Å². The van der Waals surface area contributed by atoms with Crippen molar-refractivity contribution in [3.8, 4) is 0 Å². The predicted molar refractivity (Wildman–Crippen MR) is 49.7 cm³/mol. The Morgan fingerprint density at radius 1 is 0.941 bits per heavy atom. The molecular formula is C8H11NO8. The first-order valence-corrected chi connectivity index (χ1v) is 4.40. The summed E-state index contributed by atoms with van der Waals surface area (Å²) in [6.07, 6.45) is -3.76. The molecule has 0 saturated carbocycles. The number of aliphatic hydroxyl groups excluding tert-OH is 2. The minimum Gasteiger partial charge on any atom is -0.481 e. The molecule has 2 amide bonds. The topological polar surface area (TPSA) is 161 Å². The average molecular weight is 249 g/mol. The lowest BCUT2D eigenvalue weighted by Crippen LogP contribution is -2.27. The summed E-state index contributed by atoms with van der Waals surface area (Å²) in [5, 5.41) is 34.6. The molecule has 2 unspecified atom stereocenters. The van der Waals surface area contributed by atoms with Crippen LogP contribution in [-0.4, -0.2) is 56.4 Å². The molecule has 1 heterocycles. The van der Waals surface area contributed by atoms with Gasteiger partial charge < -0.3 is 20.4 Å². The molecule has 0 aromatic carbocycles. The lowest BCUT2D eigenvalue weighted by atomic mass is 10.2. The van der Waals surface area contributed by atoms with E-state index in [0.29, 0.717) is 0 Å². The molecule has 0 aromatic rings. The van der Waals surface area contributed by atoms with Gasteiger partial charge in [-0.3, -0.25) is 24.5 Å². The van der Waals surface area contributed by atoms with Crippen molar-refractivity contribution in [2.24, 2.45) is 0 Å². The van der Waals surface area contributed by atoms with Gasteiger partial charge >= 0.3 is 11.9 Å². The molecule has 2 atom stereocenters. The number of hydrogen-bond donors (Lipinski definition) is 5. The van der Waals surface area contributed by atoms with Crippen LogP contribution in [0, 0.1) is 0 Å². The van der Waals surface area contributed by atoms with Crippen LogP contribution in [0.25, 0.3) is 0 Å². The van der Waals surface area contributed by atoms with Crippen LogP contribution in [0.5, 0.6) is 0 Å². The van der Waals surface area contributed by atoms with E-state index in [-0.39, 0.29) is 12.8 Å². The van der Waals surface area contributed by atoms with E-state index in [0.717, 1.165) is 0 Å². The SMILES string of the molecule is O=C(O)CCC(=O)O.O=C1NC(=O)C(O)C1O. The van der Waals surface area contributed by atoms with Crippen LogP contribution >= 0.6 is 0 Å². The highest BCUT2D eigenvalue weighted by atomic mass is 16.4. The largest absolute Gasteiger partial charge is 0.481 e. The molecule has 0 spiro atoms. The van der Waals surface area contributed by atoms with Crippen LogP contribution in [0.1, 0.15) is 12.8 Å². The Kier molecular flexibility index (Phi) is 5.78. The Balaban J connectivity index is 0.000000304. The van der Waals surface area contributed by atoms with Crippen molar-refractivity contribution in [3.63, 3.8) is 0 Å². The molecule has 9 nitrogen and oxygen atoms in total. The van der Waals surface area contributed by atoms with Gasteiger partial charge in [-0.1, -0.05) is 0 Å². The zero-order chi connectivity index (χ0) is 13.6. The van der Waals surface area contributed by atoms with Crippen molar-refractivity contribution in [1.29, 1.82) is 0 Å². The van der Waals surface area contributed by atoms with Gasteiger partial charge in [0.2, 0.25) is 0 Å². The second-order valence-electron chi connectivity index (χ2n) is 3.03. The number of rotatable bonds is 3. The van der Waals surface area contributed by atoms with Crippen LogP contribution < -0.4 is 5.32 Å². The fraction of sp³-hybridized carbons (Fsp3) is 0.500. The van der Waals surface area contributed by atoms with Crippen molar-refractivity contribution in [2.75, 3.05) is 0 Å². The monoisotopic (exact) mass is 249 g/mol. The standard InChI is InChI=1S/C4H5NO4.C4H6O4/c6-1-2(7)4(9)5-3(1)8;5-3(6)1-2-4(7)8/h1-2,6-7H,(H,5,8,9);1-2H2,(H,5,6)(H,7,8). The Hall–Kier alpha value is -2.00. The van der Waals surface area contributed by atoms with E-state index in [4.69, 9.17) is 20.4 Å². The van der Waals surface area contributed by atoms with Gasteiger partial charge in [-0.05, 0) is 0 Å². The lowest BCUT2D eigenvalue weighted by Gasteiger charge is -1.97. The maximum absolute atomic E-state index is 10.3. The molecular weight excluding hydrogens is 238 g/mol. The number of amides is 2. The van der Waals surface area contributed by atoms with E-state index < -0.39 is 36.0 Å². The lowest BCUT2D eigenvalue weighted by molar-refractivity contribution is -0.143. The summed E-state index contributed by atoms with van der Waals surface area (Å²) in [4.78, 5) is 39.8. The number of aliphatic hydroxyl groups is 2. The summed E-state index contributed by atoms with van der Waals surface area (Å²) >= 11 is 0. The van der Waals surface area contributed by atoms with Gasteiger partial charge in [0.1, 0.15) is 0 Å². The van der Waals surface area contributed by atoms with Gasteiger partial charge in [0.15, 0.2) is 12.2 Å². The fourth-order valence-corrected chi connectivity index (χ4v) is 0.770. The summed E-state index contributed by atoms with van der Waals surface area (Å²) in [7, 11) is 0. The molecule has 1 rings (SSSR count). The zero-order valence-corrected chi connectivity index (χ0v) is 8.49. The minimum atomic E-state index is -1.59. The van der Waals surface area contributed by atoms with E-state index in [1.807, 2.05) is 0 Å². The summed E-state index contributed by atoms with van der Waals surface area (Å²) in [5.74, 6) is -3.83. The van der Waals surface area contributed by atoms with Crippen molar-refractivity contribution >= 4 is 23.8 Å². The molecule has 5 N–H and O–H groups in total. The number of hydrogen-bond acceptors (Lipinski definition) is 6. The number of aliphatic carboxylic acids is 2. The molecule has 0 radical (unpaired) electrons. The normalized spacial score (nSPS) is 22.5. The second-order valence-corrected chi connectivity index (χ2v) is 3.03. The highest BCUT2D eigenvalue weighted by Crippen LogP contribution is 2.00. The predicted octanol–water partition coefficient (Wildman–Crippen LogP) is -2.70. The van der Waals surface area contributed by atoms with E-state index >= 15 is 0 Å². The summed E-state index contributed by atoms with van der Waals surface area (Å²) in [6.45, 7) is 0. The van der Waals surface area contributed by atoms with Crippen molar-refractivity contribution in [2.45, 2.75) is 25.0 Å². The molecule has 1 fully saturated rings. The maximum atomic E-state index is 10.3. The van der Waals surface area contributed by atoms with E-state index in [2.05, 4.69) is 0 Å². The first kappa shape index (κ1) is 15.0. The summed E-state index contributed by atoms with van der Waals surface area (Å²) in [5.41, 5.74) is 0. The van der Waals surface area contributed by atoms with Crippen LogP contribution in [0.3, 0.4) is 0 Å². The third-order valence-corrected chi connectivity index (χ3v) is 1.64. The molecule has 9 heteroatoms. The maximum Gasteiger partial charge on any atom is 0.303 e. The van der Waals surface area contributed by atoms with Gasteiger partial charge in [-0.15, -0.1) is 0 Å². The molecule has 17 heavy (non-hydrogen) atoms. The number of imide groups is 1. The van der Waals surface area contributed by atoms with Gasteiger partial charge in [-0.25, -0.2) is 0 Å².